The standard InChI is InChI=1S/C17H19N3O/c1-20(2)16-14(8-5-11-18-16)17(21)19-15-10-9-12-6-3-4-7-13(12)15/h3-8,11,15H,9-10H2,1-2H3,(H,19,21). The number of aromatic nitrogens is 1. The number of fused-ring (bicyclic) bond motifs is 1. The van der Waals surface area contributed by atoms with Crippen LogP contribution in [0.3, 0.4) is 0 Å². The van der Waals surface area contributed by atoms with Gasteiger partial charge in [-0.2, -0.15) is 0 Å². The first kappa shape index (κ1) is 13.6. The fourth-order valence-corrected chi connectivity index (χ4v) is 2.87. The number of anilines is 1. The minimum Gasteiger partial charge on any atom is -0.362 e. The highest BCUT2D eigenvalue weighted by atomic mass is 16.1. The molecule has 1 amide bonds. The van der Waals surface area contributed by atoms with E-state index < -0.39 is 0 Å². The molecule has 0 aliphatic heterocycles. The van der Waals surface area contributed by atoms with Gasteiger partial charge in [-0.15, -0.1) is 0 Å². The zero-order valence-electron chi connectivity index (χ0n) is 12.3. The lowest BCUT2D eigenvalue weighted by Gasteiger charge is -2.18. The topological polar surface area (TPSA) is 45.2 Å². The van der Waals surface area contributed by atoms with Gasteiger partial charge in [0.15, 0.2) is 0 Å². The highest BCUT2D eigenvalue weighted by Gasteiger charge is 2.25. The molecule has 21 heavy (non-hydrogen) atoms. The number of nitrogens with one attached hydrogen (secondary N) is 1. The Morgan fingerprint density at radius 1 is 1.24 bits per heavy atom. The number of rotatable bonds is 3. The third kappa shape index (κ3) is 2.61. The summed E-state index contributed by atoms with van der Waals surface area (Å²) in [5.41, 5.74) is 3.19. The lowest BCUT2D eigenvalue weighted by molar-refractivity contribution is 0.0937. The number of pyridine rings is 1. The number of benzene rings is 1. The number of nitrogens with zero attached hydrogens (tertiary/aromatic N) is 2. The summed E-state index contributed by atoms with van der Waals surface area (Å²) >= 11 is 0. The fraction of sp³-hybridized carbons (Fsp3) is 0.294. The van der Waals surface area contributed by atoms with Crippen molar-refractivity contribution in [1.29, 1.82) is 0 Å². The minimum absolute atomic E-state index is 0.0616. The predicted molar refractivity (Wildman–Crippen MR) is 83.5 cm³/mol. The van der Waals surface area contributed by atoms with Crippen molar-refractivity contribution in [3.05, 3.63) is 59.3 Å². The van der Waals surface area contributed by atoms with Crippen LogP contribution in [-0.4, -0.2) is 25.0 Å². The summed E-state index contributed by atoms with van der Waals surface area (Å²) in [4.78, 5) is 18.7. The smallest absolute Gasteiger partial charge is 0.255 e. The molecule has 108 valence electrons. The van der Waals surface area contributed by atoms with Gasteiger partial charge in [-0.05, 0) is 36.1 Å². The maximum Gasteiger partial charge on any atom is 0.255 e. The van der Waals surface area contributed by atoms with Crippen molar-refractivity contribution in [1.82, 2.24) is 10.3 Å². The quantitative estimate of drug-likeness (QED) is 0.940. The van der Waals surface area contributed by atoms with Crippen molar-refractivity contribution in [3.63, 3.8) is 0 Å². The molecule has 1 atom stereocenters. The molecule has 0 saturated carbocycles. The first-order valence-electron chi connectivity index (χ1n) is 7.18. The predicted octanol–water partition coefficient (Wildman–Crippen LogP) is 2.56. The normalized spacial score (nSPS) is 16.4. The van der Waals surface area contributed by atoms with Gasteiger partial charge in [-0.3, -0.25) is 4.79 Å². The van der Waals surface area contributed by atoms with Gasteiger partial charge in [0.25, 0.3) is 5.91 Å². The lowest BCUT2D eigenvalue weighted by atomic mass is 10.1. The zero-order chi connectivity index (χ0) is 14.8. The van der Waals surface area contributed by atoms with E-state index >= 15 is 0 Å². The molecule has 0 fully saturated rings. The second-order valence-corrected chi connectivity index (χ2v) is 5.53. The maximum atomic E-state index is 12.6. The van der Waals surface area contributed by atoms with E-state index in [4.69, 9.17) is 0 Å². The van der Waals surface area contributed by atoms with E-state index in [1.54, 1.807) is 12.3 Å². The molecular weight excluding hydrogens is 262 g/mol. The molecule has 4 nitrogen and oxygen atoms in total. The second-order valence-electron chi connectivity index (χ2n) is 5.53. The summed E-state index contributed by atoms with van der Waals surface area (Å²) in [6.07, 6.45) is 3.69. The van der Waals surface area contributed by atoms with E-state index in [0.29, 0.717) is 11.4 Å². The number of carbonyl (C=O) groups is 1. The SMILES string of the molecule is CN(C)c1ncccc1C(=O)NC1CCc2ccccc21. The van der Waals surface area contributed by atoms with E-state index in [2.05, 4.69) is 22.4 Å². The summed E-state index contributed by atoms with van der Waals surface area (Å²) in [6, 6.07) is 12.0. The van der Waals surface area contributed by atoms with Crippen molar-refractivity contribution < 1.29 is 4.79 Å². The van der Waals surface area contributed by atoms with Crippen LogP contribution in [0.2, 0.25) is 0 Å². The highest BCUT2D eigenvalue weighted by Crippen LogP contribution is 2.31. The summed E-state index contributed by atoms with van der Waals surface area (Å²) in [5.74, 6) is 0.634. The molecular formula is C17H19N3O. The maximum absolute atomic E-state index is 12.6. The van der Waals surface area contributed by atoms with Crippen molar-refractivity contribution >= 4 is 11.7 Å². The molecule has 4 heteroatoms. The van der Waals surface area contributed by atoms with Gasteiger partial charge in [0.1, 0.15) is 5.82 Å². The molecule has 1 aromatic carbocycles. The molecule has 1 aliphatic rings. The Labute approximate surface area is 124 Å². The number of carbonyl (C=O) groups excluding carboxylic acids is 1. The van der Waals surface area contributed by atoms with Crippen LogP contribution in [-0.2, 0) is 6.42 Å². The number of aryl methyl sites for hydroxylation is 1. The third-order valence-electron chi connectivity index (χ3n) is 3.89. The first-order chi connectivity index (χ1) is 10.2. The molecule has 1 heterocycles. The highest BCUT2D eigenvalue weighted by molar-refractivity contribution is 5.99. The third-order valence-corrected chi connectivity index (χ3v) is 3.89. The Morgan fingerprint density at radius 2 is 2.05 bits per heavy atom. The zero-order valence-corrected chi connectivity index (χ0v) is 12.3. The molecule has 0 radical (unpaired) electrons. The van der Waals surface area contributed by atoms with E-state index in [-0.39, 0.29) is 11.9 Å². The fourth-order valence-electron chi connectivity index (χ4n) is 2.87. The summed E-state index contributed by atoms with van der Waals surface area (Å²) < 4.78 is 0. The molecule has 3 rings (SSSR count). The average Bonchev–Trinajstić information content (AvgIpc) is 2.90. The van der Waals surface area contributed by atoms with Crippen LogP contribution in [0.1, 0.15) is 33.9 Å². The minimum atomic E-state index is -0.0616. The van der Waals surface area contributed by atoms with E-state index in [9.17, 15) is 4.79 Å². The molecule has 2 aromatic rings. The summed E-state index contributed by atoms with van der Waals surface area (Å²) in [7, 11) is 3.79. The number of hydrogen-bond acceptors (Lipinski definition) is 3. The monoisotopic (exact) mass is 281 g/mol. The first-order valence-corrected chi connectivity index (χ1v) is 7.18. The molecule has 1 unspecified atom stereocenters. The summed E-state index contributed by atoms with van der Waals surface area (Å²) in [5, 5.41) is 3.14. The van der Waals surface area contributed by atoms with Gasteiger partial charge >= 0.3 is 0 Å². The van der Waals surface area contributed by atoms with Gasteiger partial charge < -0.3 is 10.2 Å². The molecule has 0 bridgehead atoms. The average molecular weight is 281 g/mol. The van der Waals surface area contributed by atoms with Crippen LogP contribution in [0.25, 0.3) is 0 Å². The van der Waals surface area contributed by atoms with Crippen LogP contribution in [0.4, 0.5) is 5.82 Å². The van der Waals surface area contributed by atoms with Crippen molar-refractivity contribution in [2.75, 3.05) is 19.0 Å². The van der Waals surface area contributed by atoms with Gasteiger partial charge in [0.2, 0.25) is 0 Å². The lowest BCUT2D eigenvalue weighted by Crippen LogP contribution is -2.29. The molecule has 0 saturated heterocycles. The van der Waals surface area contributed by atoms with Gasteiger partial charge in [-0.1, -0.05) is 24.3 Å². The van der Waals surface area contributed by atoms with Crippen molar-refractivity contribution in [2.24, 2.45) is 0 Å². The van der Waals surface area contributed by atoms with Crippen LogP contribution in [0.15, 0.2) is 42.6 Å². The van der Waals surface area contributed by atoms with Crippen LogP contribution in [0.5, 0.6) is 0 Å². The van der Waals surface area contributed by atoms with Crippen LogP contribution >= 0.6 is 0 Å². The van der Waals surface area contributed by atoms with Crippen molar-refractivity contribution in [3.8, 4) is 0 Å². The second kappa shape index (κ2) is 5.56. The summed E-state index contributed by atoms with van der Waals surface area (Å²) in [6.45, 7) is 0. The van der Waals surface area contributed by atoms with Crippen LogP contribution < -0.4 is 10.2 Å². The van der Waals surface area contributed by atoms with Gasteiger partial charge in [0.05, 0.1) is 11.6 Å². The van der Waals surface area contributed by atoms with E-state index in [1.165, 1.54) is 11.1 Å². The Kier molecular flexibility index (Phi) is 3.60. The van der Waals surface area contributed by atoms with Gasteiger partial charge in [0, 0.05) is 20.3 Å². The Morgan fingerprint density at radius 3 is 2.86 bits per heavy atom. The van der Waals surface area contributed by atoms with E-state index in [1.807, 2.05) is 37.2 Å². The number of amides is 1. The Hall–Kier alpha value is -2.36. The Bertz CT molecular complexity index is 667. The van der Waals surface area contributed by atoms with Crippen LogP contribution in [0, 0.1) is 0 Å². The molecule has 1 aromatic heterocycles. The van der Waals surface area contributed by atoms with Gasteiger partial charge in [-0.25, -0.2) is 4.98 Å². The molecule has 1 aliphatic carbocycles. The molecule has 1 N–H and O–H groups in total. The van der Waals surface area contributed by atoms with E-state index in [0.717, 1.165) is 12.8 Å². The largest absolute Gasteiger partial charge is 0.362 e. The number of hydrogen-bond donors (Lipinski definition) is 1. The molecule has 0 spiro atoms. The Balaban J connectivity index is 1.82. The van der Waals surface area contributed by atoms with Crippen molar-refractivity contribution in [2.45, 2.75) is 18.9 Å².